The summed E-state index contributed by atoms with van der Waals surface area (Å²) < 4.78 is 22.3. The molecule has 0 spiro atoms. The molecule has 2 aromatic carbocycles. The van der Waals surface area contributed by atoms with Gasteiger partial charge in [0.2, 0.25) is 0 Å². The summed E-state index contributed by atoms with van der Waals surface area (Å²) in [5, 5.41) is 0. The molecule has 0 aromatic heterocycles. The summed E-state index contributed by atoms with van der Waals surface area (Å²) in [5.41, 5.74) is 1.41. The second-order valence-corrected chi connectivity index (χ2v) is 10.7. The summed E-state index contributed by atoms with van der Waals surface area (Å²) in [6.07, 6.45) is 1.35. The number of carbonyl (C=O) groups excluding carboxylic acids is 2. The number of carbonyl (C=O) groups is 2. The van der Waals surface area contributed by atoms with Gasteiger partial charge >= 0.3 is 0 Å². The Balaban J connectivity index is 1.50. The molecule has 8 heteroatoms. The molecule has 2 atom stereocenters. The van der Waals surface area contributed by atoms with E-state index in [0.29, 0.717) is 37.2 Å². The lowest BCUT2D eigenvalue weighted by molar-refractivity contribution is -0.911. The third-order valence-corrected chi connectivity index (χ3v) is 7.97. The van der Waals surface area contributed by atoms with Gasteiger partial charge in [0.1, 0.15) is 37.7 Å². The lowest BCUT2D eigenvalue weighted by atomic mass is 9.86. The van der Waals surface area contributed by atoms with Crippen molar-refractivity contribution in [2.75, 3.05) is 78.9 Å². The minimum absolute atomic E-state index is 0.146. The Hall–Kier alpha value is -2.78. The van der Waals surface area contributed by atoms with Crippen LogP contribution in [0.4, 0.5) is 0 Å². The van der Waals surface area contributed by atoms with Crippen molar-refractivity contribution in [2.45, 2.75) is 26.7 Å². The third-order valence-electron chi connectivity index (χ3n) is 7.97. The Morgan fingerprint density at radius 3 is 1.32 bits per heavy atom. The lowest BCUT2D eigenvalue weighted by Gasteiger charge is -2.29. The molecule has 2 N–H and O–H groups in total. The minimum Gasteiger partial charge on any atom is -0.494 e. The van der Waals surface area contributed by atoms with E-state index in [1.165, 1.54) is 9.80 Å². The second-order valence-electron chi connectivity index (χ2n) is 10.7. The zero-order valence-electron chi connectivity index (χ0n) is 24.1. The molecule has 2 aliphatic rings. The predicted molar refractivity (Wildman–Crippen MR) is 153 cm³/mol. The van der Waals surface area contributed by atoms with Gasteiger partial charge < -0.3 is 28.7 Å². The molecule has 218 valence electrons. The highest BCUT2D eigenvalue weighted by atomic mass is 16.5. The monoisotopic (exact) mass is 554 g/mol. The molecule has 2 heterocycles. The summed E-state index contributed by atoms with van der Waals surface area (Å²) in [4.78, 5) is 30.4. The number of Topliss-reactive ketones (excluding diaryl/α,β-unsaturated/α-hetero) is 2. The van der Waals surface area contributed by atoms with Gasteiger partial charge in [-0.05, 0) is 75.2 Å². The van der Waals surface area contributed by atoms with Crippen molar-refractivity contribution in [2.24, 2.45) is 11.8 Å². The first-order valence-corrected chi connectivity index (χ1v) is 14.9. The molecule has 8 nitrogen and oxygen atoms in total. The van der Waals surface area contributed by atoms with Crippen LogP contribution in [0.2, 0.25) is 0 Å². The van der Waals surface area contributed by atoms with Crippen LogP contribution in [0.1, 0.15) is 47.4 Å². The number of ketones is 2. The molecular weight excluding hydrogens is 508 g/mol. The molecule has 2 fully saturated rings. The van der Waals surface area contributed by atoms with Gasteiger partial charge in [0.25, 0.3) is 0 Å². The van der Waals surface area contributed by atoms with Crippen LogP contribution in [0, 0.1) is 11.8 Å². The zero-order valence-corrected chi connectivity index (χ0v) is 24.1. The fourth-order valence-electron chi connectivity index (χ4n) is 5.71. The number of rotatable bonds is 15. The average molecular weight is 555 g/mol. The zero-order chi connectivity index (χ0) is 28.2. The van der Waals surface area contributed by atoms with Crippen molar-refractivity contribution < 1.29 is 38.3 Å². The molecule has 4 rings (SSSR count). The highest BCUT2D eigenvalue weighted by Gasteiger charge is 2.31. The van der Waals surface area contributed by atoms with Crippen LogP contribution in [0.5, 0.6) is 11.5 Å². The molecule has 40 heavy (non-hydrogen) atoms. The number of ether oxygens (including phenoxy) is 4. The number of morpholine rings is 2. The summed E-state index contributed by atoms with van der Waals surface area (Å²) in [5.74, 6) is 1.50. The summed E-state index contributed by atoms with van der Waals surface area (Å²) >= 11 is 0. The van der Waals surface area contributed by atoms with Gasteiger partial charge in [0.15, 0.2) is 11.6 Å². The molecule has 2 unspecified atom stereocenters. The second kappa shape index (κ2) is 15.9. The van der Waals surface area contributed by atoms with E-state index in [1.54, 1.807) is 0 Å². The fourth-order valence-corrected chi connectivity index (χ4v) is 5.71. The first-order valence-electron chi connectivity index (χ1n) is 14.9. The molecule has 0 amide bonds. The van der Waals surface area contributed by atoms with E-state index in [9.17, 15) is 9.59 Å². The molecule has 2 aliphatic heterocycles. The largest absolute Gasteiger partial charge is 0.494 e. The summed E-state index contributed by atoms with van der Waals surface area (Å²) in [6.45, 7) is 13.1. The predicted octanol–water partition coefficient (Wildman–Crippen LogP) is 1.39. The molecule has 0 aliphatic carbocycles. The molecule has 0 bridgehead atoms. The van der Waals surface area contributed by atoms with Gasteiger partial charge in [-0.1, -0.05) is 0 Å². The SMILES string of the molecule is CCOc1ccc(C(=O)C(CCC(C[NH+]2CCOCC2)C(=O)c2ccc(OCC)cc2)C[NH+]2CCOCC2)cc1. The van der Waals surface area contributed by atoms with E-state index in [-0.39, 0.29) is 23.4 Å². The van der Waals surface area contributed by atoms with E-state index in [0.717, 1.165) is 77.2 Å². The number of nitrogens with one attached hydrogen (secondary N) is 2. The maximum atomic E-state index is 13.8. The smallest absolute Gasteiger partial charge is 0.171 e. The molecular formula is C32H46N2O6+2. The topological polar surface area (TPSA) is 79.9 Å². The highest BCUT2D eigenvalue weighted by Crippen LogP contribution is 2.22. The number of hydrogen-bond acceptors (Lipinski definition) is 6. The lowest BCUT2D eigenvalue weighted by Crippen LogP contribution is -3.15. The van der Waals surface area contributed by atoms with E-state index in [4.69, 9.17) is 18.9 Å². The van der Waals surface area contributed by atoms with Crippen molar-refractivity contribution in [3.05, 3.63) is 59.7 Å². The fraction of sp³-hybridized carbons (Fsp3) is 0.562. The van der Waals surface area contributed by atoms with Crippen LogP contribution in [0.25, 0.3) is 0 Å². The number of benzene rings is 2. The Kier molecular flexibility index (Phi) is 12.0. The van der Waals surface area contributed by atoms with E-state index >= 15 is 0 Å². The van der Waals surface area contributed by atoms with E-state index in [2.05, 4.69) is 0 Å². The molecule has 0 saturated carbocycles. The van der Waals surface area contributed by atoms with Crippen LogP contribution in [-0.2, 0) is 9.47 Å². The highest BCUT2D eigenvalue weighted by molar-refractivity contribution is 5.99. The van der Waals surface area contributed by atoms with Gasteiger partial charge in [0.05, 0.1) is 64.6 Å². The van der Waals surface area contributed by atoms with Crippen LogP contribution in [0.3, 0.4) is 0 Å². The first kappa shape index (κ1) is 30.2. The van der Waals surface area contributed by atoms with Crippen LogP contribution in [0.15, 0.2) is 48.5 Å². The average Bonchev–Trinajstić information content (AvgIpc) is 3.00. The summed E-state index contributed by atoms with van der Waals surface area (Å²) in [6, 6.07) is 15.0. The Morgan fingerprint density at radius 2 is 1.00 bits per heavy atom. The normalized spacial score (nSPS) is 18.1. The van der Waals surface area contributed by atoms with Gasteiger partial charge in [-0.2, -0.15) is 0 Å². The maximum absolute atomic E-state index is 13.8. The van der Waals surface area contributed by atoms with Crippen LogP contribution in [-0.4, -0.2) is 90.5 Å². The van der Waals surface area contributed by atoms with E-state index in [1.807, 2.05) is 62.4 Å². The van der Waals surface area contributed by atoms with E-state index < -0.39 is 0 Å². The van der Waals surface area contributed by atoms with Crippen LogP contribution < -0.4 is 19.3 Å². The molecule has 2 aromatic rings. The van der Waals surface area contributed by atoms with Crippen molar-refractivity contribution >= 4 is 11.6 Å². The molecule has 0 radical (unpaired) electrons. The van der Waals surface area contributed by atoms with Gasteiger partial charge in [-0.3, -0.25) is 9.59 Å². The Labute approximate surface area is 238 Å². The maximum Gasteiger partial charge on any atom is 0.171 e. The van der Waals surface area contributed by atoms with Gasteiger partial charge in [0, 0.05) is 11.1 Å². The van der Waals surface area contributed by atoms with Crippen molar-refractivity contribution in [3.8, 4) is 11.5 Å². The minimum atomic E-state index is -0.165. The first-order chi connectivity index (χ1) is 19.6. The quantitative estimate of drug-likeness (QED) is 0.324. The van der Waals surface area contributed by atoms with Crippen molar-refractivity contribution in [1.29, 1.82) is 0 Å². The Morgan fingerprint density at radius 1 is 0.650 bits per heavy atom. The van der Waals surface area contributed by atoms with Crippen LogP contribution >= 0.6 is 0 Å². The number of quaternary nitrogens is 2. The standard InChI is InChI=1S/C32H44N2O6/c1-3-39-29-11-7-25(8-12-29)31(35)27(23-33-15-19-37-20-16-33)5-6-28(24-34-17-21-38-22-18-34)32(36)26-9-13-30(14-10-26)40-4-2/h7-14,27-28H,3-6,15-24H2,1-2H3/p+2. The van der Waals surface area contributed by atoms with Crippen molar-refractivity contribution in [1.82, 2.24) is 0 Å². The number of hydrogen-bond donors (Lipinski definition) is 2. The van der Waals surface area contributed by atoms with Gasteiger partial charge in [-0.15, -0.1) is 0 Å². The Bertz CT molecular complexity index is 961. The van der Waals surface area contributed by atoms with Gasteiger partial charge in [-0.25, -0.2) is 0 Å². The molecule has 2 saturated heterocycles. The van der Waals surface area contributed by atoms with Crippen molar-refractivity contribution in [3.63, 3.8) is 0 Å². The third kappa shape index (κ3) is 8.86. The summed E-state index contributed by atoms with van der Waals surface area (Å²) in [7, 11) is 0.